The number of hydrogen-bond donors (Lipinski definition) is 1. The second-order valence-electron chi connectivity index (χ2n) is 5.13. The lowest BCUT2D eigenvalue weighted by atomic mass is 10.2. The van der Waals surface area contributed by atoms with Crippen molar-refractivity contribution in [1.82, 2.24) is 15.3 Å². The summed E-state index contributed by atoms with van der Waals surface area (Å²) in [5.41, 5.74) is 0. The van der Waals surface area contributed by atoms with Gasteiger partial charge in [-0.05, 0) is 22.4 Å². The summed E-state index contributed by atoms with van der Waals surface area (Å²) >= 11 is 3.43. The van der Waals surface area contributed by atoms with E-state index in [1.165, 1.54) is 7.11 Å². The number of carbonyl (C=O) groups excluding carboxylic acids is 1. The topological polar surface area (TPSA) is 67.3 Å². The molecule has 1 fully saturated rings. The van der Waals surface area contributed by atoms with Crippen molar-refractivity contribution in [3.05, 3.63) is 16.5 Å². The van der Waals surface area contributed by atoms with E-state index in [2.05, 4.69) is 54.7 Å². The molecule has 1 atom stereocenters. The summed E-state index contributed by atoms with van der Waals surface area (Å²) in [5, 5.41) is 2.82. The molecule has 20 heavy (non-hydrogen) atoms. The predicted octanol–water partition coefficient (Wildman–Crippen LogP) is 2.30. The van der Waals surface area contributed by atoms with Gasteiger partial charge in [0.15, 0.2) is 0 Å². The fraction of sp³-hybridized carbons (Fsp3) is 0.615. The van der Waals surface area contributed by atoms with E-state index in [-0.39, 0.29) is 18.1 Å². The molecule has 0 bridgehead atoms. The van der Waals surface area contributed by atoms with Crippen LogP contribution in [0, 0.1) is 0 Å². The highest BCUT2D eigenvalue weighted by molar-refractivity contribution is 9.10. The van der Waals surface area contributed by atoms with E-state index >= 15 is 0 Å². The number of nitrogens with zero attached hydrogens (tertiary/aromatic N) is 3. The van der Waals surface area contributed by atoms with Gasteiger partial charge in [-0.15, -0.1) is 0 Å². The Hall–Kier alpha value is -1.37. The number of rotatable bonds is 3. The van der Waals surface area contributed by atoms with Gasteiger partial charge >= 0.3 is 6.09 Å². The fourth-order valence-corrected chi connectivity index (χ4v) is 2.54. The van der Waals surface area contributed by atoms with Crippen molar-refractivity contribution in [2.45, 2.75) is 32.2 Å². The van der Waals surface area contributed by atoms with Crippen LogP contribution in [0.1, 0.15) is 32.0 Å². The number of anilines is 1. The van der Waals surface area contributed by atoms with Crippen molar-refractivity contribution < 1.29 is 9.53 Å². The van der Waals surface area contributed by atoms with Crippen LogP contribution in [-0.4, -0.2) is 42.3 Å². The molecule has 1 aromatic heterocycles. The number of alkyl carbamates (subject to hydrolysis) is 1. The minimum Gasteiger partial charge on any atom is -0.453 e. The van der Waals surface area contributed by atoms with Gasteiger partial charge in [0.25, 0.3) is 0 Å². The first-order valence-electron chi connectivity index (χ1n) is 6.63. The molecule has 1 aliphatic heterocycles. The summed E-state index contributed by atoms with van der Waals surface area (Å²) in [7, 11) is 1.37. The Morgan fingerprint density at radius 3 is 2.95 bits per heavy atom. The molecule has 1 aliphatic rings. The minimum absolute atomic E-state index is 0.0960. The van der Waals surface area contributed by atoms with Gasteiger partial charge < -0.3 is 15.0 Å². The predicted molar refractivity (Wildman–Crippen MR) is 80.0 cm³/mol. The van der Waals surface area contributed by atoms with Crippen molar-refractivity contribution in [1.29, 1.82) is 0 Å². The van der Waals surface area contributed by atoms with Crippen molar-refractivity contribution in [3.8, 4) is 0 Å². The molecule has 1 unspecified atom stereocenters. The van der Waals surface area contributed by atoms with E-state index in [1.807, 2.05) is 6.07 Å². The van der Waals surface area contributed by atoms with Crippen LogP contribution in [0.15, 0.2) is 10.7 Å². The normalized spacial score (nSPS) is 18.4. The molecule has 0 aromatic carbocycles. The smallest absolute Gasteiger partial charge is 0.407 e. The molecule has 0 radical (unpaired) electrons. The zero-order valence-corrected chi connectivity index (χ0v) is 13.5. The molecule has 2 heterocycles. The molecule has 1 N–H and O–H groups in total. The molecule has 0 aliphatic carbocycles. The SMILES string of the molecule is COC(=O)NC1CCN(c2cc(Br)nc(C(C)C)n2)C1. The number of nitrogens with one attached hydrogen (secondary N) is 1. The first-order valence-corrected chi connectivity index (χ1v) is 7.42. The largest absolute Gasteiger partial charge is 0.453 e. The molecule has 6 nitrogen and oxygen atoms in total. The molecule has 7 heteroatoms. The number of methoxy groups -OCH3 is 1. The quantitative estimate of drug-likeness (QED) is 0.853. The Kier molecular flexibility index (Phi) is 4.80. The lowest BCUT2D eigenvalue weighted by Gasteiger charge is -2.19. The standard InChI is InChI=1S/C13H19BrN4O2/c1-8(2)12-16-10(14)6-11(17-12)18-5-4-9(7-18)15-13(19)20-3/h6,8-9H,4-5,7H2,1-3H3,(H,15,19). The van der Waals surface area contributed by atoms with Crippen molar-refractivity contribution in [2.24, 2.45) is 0 Å². The third-order valence-corrected chi connectivity index (χ3v) is 3.64. The summed E-state index contributed by atoms with van der Waals surface area (Å²) in [5.74, 6) is 1.99. The Balaban J connectivity index is 2.08. The third-order valence-electron chi connectivity index (χ3n) is 3.23. The maximum Gasteiger partial charge on any atom is 0.407 e. The molecule has 110 valence electrons. The highest BCUT2D eigenvalue weighted by atomic mass is 79.9. The van der Waals surface area contributed by atoms with Gasteiger partial charge in [0, 0.05) is 25.1 Å². The van der Waals surface area contributed by atoms with Crippen LogP contribution in [0.25, 0.3) is 0 Å². The number of amides is 1. The Labute approximate surface area is 127 Å². The van der Waals surface area contributed by atoms with Crippen LogP contribution in [0.4, 0.5) is 10.6 Å². The number of aromatic nitrogens is 2. The van der Waals surface area contributed by atoms with Crippen molar-refractivity contribution in [2.75, 3.05) is 25.1 Å². The van der Waals surface area contributed by atoms with Gasteiger partial charge in [-0.3, -0.25) is 0 Å². The number of ether oxygens (including phenoxy) is 1. The van der Waals surface area contributed by atoms with Crippen LogP contribution in [0.5, 0.6) is 0 Å². The van der Waals surface area contributed by atoms with E-state index < -0.39 is 0 Å². The summed E-state index contributed by atoms with van der Waals surface area (Å²) in [6.45, 7) is 5.72. The number of carbonyl (C=O) groups is 1. The number of halogens is 1. The summed E-state index contributed by atoms with van der Waals surface area (Å²) in [6.07, 6.45) is 0.497. The molecule has 1 saturated heterocycles. The second kappa shape index (κ2) is 6.39. The molecular weight excluding hydrogens is 324 g/mol. The average molecular weight is 343 g/mol. The summed E-state index contributed by atoms with van der Waals surface area (Å²) < 4.78 is 5.41. The van der Waals surface area contributed by atoms with Crippen molar-refractivity contribution >= 4 is 27.8 Å². The van der Waals surface area contributed by atoms with E-state index in [1.54, 1.807) is 0 Å². The molecule has 0 saturated carbocycles. The Morgan fingerprint density at radius 1 is 1.55 bits per heavy atom. The van der Waals surface area contributed by atoms with Crippen LogP contribution in [0.3, 0.4) is 0 Å². The molecule has 2 rings (SSSR count). The van der Waals surface area contributed by atoms with Crippen molar-refractivity contribution in [3.63, 3.8) is 0 Å². The third kappa shape index (κ3) is 3.59. The fourth-order valence-electron chi connectivity index (χ4n) is 2.15. The first kappa shape index (κ1) is 15.0. The highest BCUT2D eigenvalue weighted by Gasteiger charge is 2.25. The first-order chi connectivity index (χ1) is 9.49. The minimum atomic E-state index is -0.386. The van der Waals surface area contributed by atoms with E-state index in [0.29, 0.717) is 0 Å². The monoisotopic (exact) mass is 342 g/mol. The highest BCUT2D eigenvalue weighted by Crippen LogP contribution is 2.23. The maximum absolute atomic E-state index is 11.2. The van der Waals surface area contributed by atoms with Gasteiger partial charge in [-0.2, -0.15) is 0 Å². The summed E-state index contributed by atoms with van der Waals surface area (Å²) in [6, 6.07) is 2.01. The van der Waals surface area contributed by atoms with E-state index in [0.717, 1.165) is 35.8 Å². The molecular formula is C13H19BrN4O2. The average Bonchev–Trinajstić information content (AvgIpc) is 2.86. The van der Waals surface area contributed by atoms with Crippen LogP contribution in [0.2, 0.25) is 0 Å². The van der Waals surface area contributed by atoms with Gasteiger partial charge in [-0.1, -0.05) is 13.8 Å². The summed E-state index contributed by atoms with van der Waals surface area (Å²) in [4.78, 5) is 22.3. The zero-order chi connectivity index (χ0) is 14.7. The molecule has 1 aromatic rings. The van der Waals surface area contributed by atoms with Gasteiger partial charge in [-0.25, -0.2) is 14.8 Å². The van der Waals surface area contributed by atoms with Crippen LogP contribution >= 0.6 is 15.9 Å². The van der Waals surface area contributed by atoms with E-state index in [4.69, 9.17) is 0 Å². The molecule has 1 amide bonds. The second-order valence-corrected chi connectivity index (χ2v) is 5.94. The lowest BCUT2D eigenvalue weighted by molar-refractivity contribution is 0.167. The van der Waals surface area contributed by atoms with Gasteiger partial charge in [0.1, 0.15) is 16.2 Å². The van der Waals surface area contributed by atoms with E-state index in [9.17, 15) is 4.79 Å². The van der Waals surface area contributed by atoms with Crippen LogP contribution < -0.4 is 10.2 Å². The molecule has 0 spiro atoms. The van der Waals surface area contributed by atoms with Gasteiger partial charge in [0.2, 0.25) is 0 Å². The Bertz CT molecular complexity index is 495. The Morgan fingerprint density at radius 2 is 2.30 bits per heavy atom. The zero-order valence-electron chi connectivity index (χ0n) is 11.9. The lowest BCUT2D eigenvalue weighted by Crippen LogP contribution is -2.37. The maximum atomic E-state index is 11.2. The number of hydrogen-bond acceptors (Lipinski definition) is 5. The van der Waals surface area contributed by atoms with Gasteiger partial charge in [0.05, 0.1) is 13.2 Å². The van der Waals surface area contributed by atoms with Crippen LogP contribution in [-0.2, 0) is 4.74 Å².